The summed E-state index contributed by atoms with van der Waals surface area (Å²) in [7, 11) is 0. The molecule has 3 amide bonds. The third-order valence-corrected chi connectivity index (χ3v) is 6.25. The van der Waals surface area contributed by atoms with E-state index in [9.17, 15) is 14.4 Å². The molecule has 0 bridgehead atoms. The second-order valence-electron chi connectivity index (χ2n) is 8.36. The van der Waals surface area contributed by atoms with Crippen molar-refractivity contribution in [2.24, 2.45) is 0 Å². The van der Waals surface area contributed by atoms with E-state index in [1.54, 1.807) is 16.7 Å². The number of rotatable bonds is 4. The van der Waals surface area contributed by atoms with Gasteiger partial charge in [0.05, 0.1) is 6.67 Å². The third kappa shape index (κ3) is 4.13. The van der Waals surface area contributed by atoms with Crippen molar-refractivity contribution >= 4 is 29.1 Å². The number of benzene rings is 2. The number of aryl methyl sites for hydroxylation is 1. The molecule has 0 aromatic heterocycles. The Morgan fingerprint density at radius 2 is 1.74 bits per heavy atom. The molecule has 2 aromatic rings. The first-order valence-corrected chi connectivity index (χ1v) is 10.6. The number of carbonyl (C=O) groups excluding carboxylic acids is 3. The molecule has 162 valence electrons. The highest BCUT2D eigenvalue weighted by Crippen LogP contribution is 2.39. The highest BCUT2D eigenvalue weighted by atomic mass is 16.2. The lowest BCUT2D eigenvalue weighted by Crippen LogP contribution is -2.57. The normalized spacial score (nSPS) is 17.9. The van der Waals surface area contributed by atoms with Gasteiger partial charge in [0, 0.05) is 31.4 Å². The molecule has 31 heavy (non-hydrogen) atoms. The van der Waals surface area contributed by atoms with Crippen molar-refractivity contribution in [1.82, 2.24) is 9.80 Å². The summed E-state index contributed by atoms with van der Waals surface area (Å²) in [5, 5.41) is 2.89. The van der Waals surface area contributed by atoms with E-state index >= 15 is 0 Å². The smallest absolute Gasteiger partial charge is 0.250 e. The van der Waals surface area contributed by atoms with E-state index in [2.05, 4.69) is 10.2 Å². The monoisotopic (exact) mass is 420 g/mol. The average molecular weight is 421 g/mol. The van der Waals surface area contributed by atoms with E-state index in [0.29, 0.717) is 32.6 Å². The molecular formula is C24H28N4O3. The Balaban J connectivity index is 1.54. The second-order valence-corrected chi connectivity index (χ2v) is 8.36. The number of nitrogens with zero attached hydrogens (tertiary/aromatic N) is 3. The van der Waals surface area contributed by atoms with Crippen molar-refractivity contribution in [3.8, 4) is 0 Å². The summed E-state index contributed by atoms with van der Waals surface area (Å²) in [5.41, 5.74) is 2.01. The Labute approximate surface area is 182 Å². The zero-order valence-corrected chi connectivity index (χ0v) is 18.0. The van der Waals surface area contributed by atoms with Gasteiger partial charge >= 0.3 is 0 Å². The molecule has 2 fully saturated rings. The topological polar surface area (TPSA) is 73.0 Å². The Bertz CT molecular complexity index is 983. The first kappa shape index (κ1) is 20.9. The summed E-state index contributed by atoms with van der Waals surface area (Å²) < 4.78 is 0. The van der Waals surface area contributed by atoms with Crippen LogP contribution in [0, 0.1) is 6.92 Å². The van der Waals surface area contributed by atoms with Gasteiger partial charge in [-0.1, -0.05) is 30.3 Å². The molecular weight excluding hydrogens is 392 g/mol. The van der Waals surface area contributed by atoms with Crippen LogP contribution in [-0.4, -0.2) is 59.4 Å². The van der Waals surface area contributed by atoms with E-state index < -0.39 is 5.54 Å². The van der Waals surface area contributed by atoms with E-state index in [1.165, 1.54) is 0 Å². The number of carbonyl (C=O) groups is 3. The van der Waals surface area contributed by atoms with Gasteiger partial charge in [0.25, 0.3) is 5.91 Å². The van der Waals surface area contributed by atoms with Gasteiger partial charge in [-0.25, -0.2) is 0 Å². The fourth-order valence-corrected chi connectivity index (χ4v) is 4.61. The van der Waals surface area contributed by atoms with Crippen LogP contribution in [0.2, 0.25) is 0 Å². The summed E-state index contributed by atoms with van der Waals surface area (Å²) in [4.78, 5) is 43.6. The second kappa shape index (κ2) is 8.41. The van der Waals surface area contributed by atoms with Crippen LogP contribution in [0.3, 0.4) is 0 Å². The van der Waals surface area contributed by atoms with Gasteiger partial charge < -0.3 is 20.0 Å². The number of nitrogens with one attached hydrogen (secondary N) is 1. The molecule has 0 aliphatic carbocycles. The lowest BCUT2D eigenvalue weighted by atomic mass is 9.85. The Morgan fingerprint density at radius 3 is 2.39 bits per heavy atom. The Kier molecular flexibility index (Phi) is 5.67. The fraction of sp³-hybridized carbons (Fsp3) is 0.375. The SMILES string of the molecule is CC(=O)N1CCC2(CC1)C(=O)N(CC(=O)Nc1cccc(C)c1)CN2c1ccccc1. The minimum Gasteiger partial charge on any atom is -0.343 e. The summed E-state index contributed by atoms with van der Waals surface area (Å²) >= 11 is 0. The molecule has 1 N–H and O–H groups in total. The van der Waals surface area contributed by atoms with Crippen LogP contribution in [0.4, 0.5) is 11.4 Å². The molecule has 0 unspecified atom stereocenters. The van der Waals surface area contributed by atoms with Crippen LogP contribution in [0.5, 0.6) is 0 Å². The maximum absolute atomic E-state index is 13.6. The van der Waals surface area contributed by atoms with Crippen molar-refractivity contribution in [3.63, 3.8) is 0 Å². The maximum atomic E-state index is 13.6. The Morgan fingerprint density at radius 1 is 1.03 bits per heavy atom. The zero-order chi connectivity index (χ0) is 22.0. The molecule has 7 heteroatoms. The first-order valence-electron chi connectivity index (χ1n) is 10.6. The predicted octanol–water partition coefficient (Wildman–Crippen LogP) is 2.62. The molecule has 2 aliphatic rings. The van der Waals surface area contributed by atoms with Gasteiger partial charge in [0.2, 0.25) is 11.8 Å². The molecule has 1 spiro atoms. The van der Waals surface area contributed by atoms with Crippen LogP contribution in [0.1, 0.15) is 25.3 Å². The summed E-state index contributed by atoms with van der Waals surface area (Å²) in [6.45, 7) is 4.94. The number of piperidine rings is 1. The molecule has 0 radical (unpaired) electrons. The van der Waals surface area contributed by atoms with Crippen molar-refractivity contribution in [1.29, 1.82) is 0 Å². The molecule has 2 saturated heterocycles. The van der Waals surface area contributed by atoms with Crippen LogP contribution < -0.4 is 10.2 Å². The minimum atomic E-state index is -0.725. The number of anilines is 2. The number of hydrogen-bond donors (Lipinski definition) is 1. The predicted molar refractivity (Wildman–Crippen MR) is 120 cm³/mol. The van der Waals surface area contributed by atoms with Crippen molar-refractivity contribution in [2.45, 2.75) is 32.2 Å². The lowest BCUT2D eigenvalue weighted by molar-refractivity contribution is -0.138. The van der Waals surface area contributed by atoms with Gasteiger partial charge in [0.1, 0.15) is 12.1 Å². The molecule has 2 aromatic carbocycles. The molecule has 2 heterocycles. The highest BCUT2D eigenvalue weighted by Gasteiger charge is 2.54. The van der Waals surface area contributed by atoms with Gasteiger partial charge in [-0.3, -0.25) is 14.4 Å². The fourth-order valence-electron chi connectivity index (χ4n) is 4.61. The zero-order valence-electron chi connectivity index (χ0n) is 18.0. The van der Waals surface area contributed by atoms with Crippen molar-refractivity contribution in [2.75, 3.05) is 36.5 Å². The van der Waals surface area contributed by atoms with E-state index in [0.717, 1.165) is 16.9 Å². The van der Waals surface area contributed by atoms with Gasteiger partial charge in [-0.2, -0.15) is 0 Å². The molecule has 2 aliphatic heterocycles. The lowest BCUT2D eigenvalue weighted by Gasteiger charge is -2.43. The molecule has 7 nitrogen and oxygen atoms in total. The van der Waals surface area contributed by atoms with E-state index in [4.69, 9.17) is 0 Å². The summed E-state index contributed by atoms with van der Waals surface area (Å²) in [6, 6.07) is 17.4. The molecule has 0 atom stereocenters. The van der Waals surface area contributed by atoms with Crippen LogP contribution >= 0.6 is 0 Å². The van der Waals surface area contributed by atoms with Crippen molar-refractivity contribution in [3.05, 3.63) is 60.2 Å². The van der Waals surface area contributed by atoms with E-state index in [1.807, 2.05) is 61.5 Å². The number of likely N-dealkylation sites (tertiary alicyclic amines) is 1. The van der Waals surface area contributed by atoms with Gasteiger partial charge in [-0.05, 0) is 49.6 Å². The largest absolute Gasteiger partial charge is 0.343 e. The van der Waals surface area contributed by atoms with Crippen molar-refractivity contribution < 1.29 is 14.4 Å². The van der Waals surface area contributed by atoms with Crippen LogP contribution in [0.25, 0.3) is 0 Å². The Hall–Kier alpha value is -3.35. The first-order chi connectivity index (χ1) is 14.9. The maximum Gasteiger partial charge on any atom is 0.250 e. The third-order valence-electron chi connectivity index (χ3n) is 6.25. The molecule has 0 saturated carbocycles. The number of amides is 3. The molecule has 4 rings (SSSR count). The summed E-state index contributed by atoms with van der Waals surface area (Å²) in [5.74, 6) is -0.231. The van der Waals surface area contributed by atoms with Gasteiger partial charge in [0.15, 0.2) is 0 Å². The van der Waals surface area contributed by atoms with E-state index in [-0.39, 0.29) is 24.3 Å². The minimum absolute atomic E-state index is 0.00567. The summed E-state index contributed by atoms with van der Waals surface area (Å²) in [6.07, 6.45) is 1.10. The average Bonchev–Trinajstić information content (AvgIpc) is 3.01. The standard InChI is InChI=1S/C24H28N4O3/c1-18-7-6-8-20(15-18)25-22(30)16-27-17-28(21-9-4-3-5-10-21)24(23(27)31)11-13-26(14-12-24)19(2)29/h3-10,15H,11-14,16-17H2,1-2H3,(H,25,30). The van der Waals surface area contributed by atoms with Crippen LogP contribution in [-0.2, 0) is 14.4 Å². The van der Waals surface area contributed by atoms with Gasteiger partial charge in [-0.15, -0.1) is 0 Å². The van der Waals surface area contributed by atoms with Crippen LogP contribution in [0.15, 0.2) is 54.6 Å². The number of para-hydroxylation sites is 1. The number of hydrogen-bond acceptors (Lipinski definition) is 4. The highest BCUT2D eigenvalue weighted by molar-refractivity contribution is 5.99. The quantitative estimate of drug-likeness (QED) is 0.825.